The van der Waals surface area contributed by atoms with Gasteiger partial charge in [0.05, 0.1) is 41.7 Å². The average Bonchev–Trinajstić information content (AvgIpc) is 3.28. The highest BCUT2D eigenvalue weighted by Gasteiger charge is 2.28. The van der Waals surface area contributed by atoms with Gasteiger partial charge in [0, 0.05) is 5.02 Å². The van der Waals surface area contributed by atoms with Gasteiger partial charge in [-0.15, -0.1) is 0 Å². The summed E-state index contributed by atoms with van der Waals surface area (Å²) in [6, 6.07) is 9.45. The molecule has 160 valence electrons. The molecule has 0 bridgehead atoms. The summed E-state index contributed by atoms with van der Waals surface area (Å²) in [5, 5.41) is 15.1. The van der Waals surface area contributed by atoms with Crippen molar-refractivity contribution in [3.63, 3.8) is 0 Å². The lowest BCUT2D eigenvalue weighted by molar-refractivity contribution is -0.162. The van der Waals surface area contributed by atoms with Crippen LogP contribution >= 0.6 is 22.9 Å². The Morgan fingerprint density at radius 1 is 1.33 bits per heavy atom. The highest BCUT2D eigenvalue weighted by atomic mass is 35.5. The van der Waals surface area contributed by atoms with Gasteiger partial charge in [0.15, 0.2) is 5.60 Å². The van der Waals surface area contributed by atoms with Gasteiger partial charge < -0.3 is 14.6 Å². The fourth-order valence-electron chi connectivity index (χ4n) is 2.60. The summed E-state index contributed by atoms with van der Waals surface area (Å²) in [5.41, 5.74) is 1.06. The lowest BCUT2D eigenvalue weighted by Gasteiger charge is -2.19. The number of carboxylic acid groups (broad SMARTS) is 1. The highest BCUT2D eigenvalue weighted by Crippen LogP contribution is 2.32. The van der Waals surface area contributed by atoms with E-state index >= 15 is 0 Å². The summed E-state index contributed by atoms with van der Waals surface area (Å²) in [6.45, 7) is 7.43. The Kier molecular flexibility index (Phi) is 6.80. The van der Waals surface area contributed by atoms with Gasteiger partial charge in [-0.2, -0.15) is 5.10 Å². The Morgan fingerprint density at radius 3 is 2.73 bits per heavy atom. The summed E-state index contributed by atoms with van der Waals surface area (Å²) in [4.78, 5) is 16.5. The smallest absolute Gasteiger partial charge is 0.335 e. The summed E-state index contributed by atoms with van der Waals surface area (Å²) >= 11 is 7.76. The molecule has 0 spiro atoms. The van der Waals surface area contributed by atoms with Crippen LogP contribution in [0.2, 0.25) is 5.02 Å². The van der Waals surface area contributed by atoms with Crippen molar-refractivity contribution in [3.05, 3.63) is 52.8 Å². The number of aromatic nitrogens is 3. The summed E-state index contributed by atoms with van der Waals surface area (Å²) < 4.78 is 13.1. The van der Waals surface area contributed by atoms with Crippen LogP contribution in [0.25, 0.3) is 10.6 Å². The fraction of sp³-hybridized carbons (Fsp3) is 0.381. The van der Waals surface area contributed by atoms with E-state index in [4.69, 9.17) is 21.1 Å². The molecule has 30 heavy (non-hydrogen) atoms. The van der Waals surface area contributed by atoms with Crippen molar-refractivity contribution >= 4 is 28.9 Å². The lowest BCUT2D eigenvalue weighted by atomic mass is 10.1. The van der Waals surface area contributed by atoms with E-state index in [-0.39, 0.29) is 12.7 Å². The molecule has 2 heterocycles. The molecule has 1 N–H and O–H groups in total. The van der Waals surface area contributed by atoms with Crippen molar-refractivity contribution in [2.24, 2.45) is 0 Å². The molecule has 0 aliphatic heterocycles. The van der Waals surface area contributed by atoms with Crippen LogP contribution in [-0.2, 0) is 22.7 Å². The van der Waals surface area contributed by atoms with Gasteiger partial charge in [0.25, 0.3) is 5.19 Å². The van der Waals surface area contributed by atoms with E-state index in [0.29, 0.717) is 22.5 Å². The molecular weight excluding hydrogens is 426 g/mol. The van der Waals surface area contributed by atoms with Gasteiger partial charge in [-0.05, 0) is 45.4 Å². The van der Waals surface area contributed by atoms with Crippen molar-refractivity contribution in [1.29, 1.82) is 0 Å². The molecule has 9 heteroatoms. The molecule has 1 aromatic carbocycles. The predicted molar refractivity (Wildman–Crippen MR) is 116 cm³/mol. The van der Waals surface area contributed by atoms with Gasteiger partial charge in [-0.25, -0.2) is 9.78 Å². The Bertz CT molecular complexity index is 1030. The number of nitrogens with zero attached hydrogens (tertiary/aromatic N) is 3. The maximum absolute atomic E-state index is 11.3. The van der Waals surface area contributed by atoms with E-state index in [2.05, 4.69) is 10.1 Å². The monoisotopic (exact) mass is 449 g/mol. The normalized spacial score (nSPS) is 11.8. The largest absolute Gasteiger partial charge is 0.479 e. The number of halogens is 1. The minimum absolute atomic E-state index is 0.0271. The number of hydrogen-bond donors (Lipinski definition) is 1. The van der Waals surface area contributed by atoms with Crippen LogP contribution in [0.3, 0.4) is 0 Å². The molecule has 0 fully saturated rings. The number of ether oxygens (including phenoxy) is 2. The van der Waals surface area contributed by atoms with Crippen LogP contribution in [0.1, 0.15) is 39.0 Å². The van der Waals surface area contributed by atoms with E-state index in [9.17, 15) is 9.90 Å². The van der Waals surface area contributed by atoms with Gasteiger partial charge in [-0.1, -0.05) is 41.1 Å². The number of benzene rings is 1. The fourth-order valence-corrected chi connectivity index (χ4v) is 3.70. The van der Waals surface area contributed by atoms with Crippen LogP contribution in [0.4, 0.5) is 0 Å². The zero-order valence-corrected chi connectivity index (χ0v) is 18.8. The van der Waals surface area contributed by atoms with Crippen LogP contribution in [-0.4, -0.2) is 37.5 Å². The molecule has 0 unspecified atom stereocenters. The number of thiazole rings is 1. The van der Waals surface area contributed by atoms with Crippen molar-refractivity contribution in [1.82, 2.24) is 14.8 Å². The minimum Gasteiger partial charge on any atom is -0.479 e. The van der Waals surface area contributed by atoms with E-state index in [1.54, 1.807) is 6.20 Å². The van der Waals surface area contributed by atoms with E-state index in [1.807, 2.05) is 48.9 Å². The number of carboxylic acids is 1. The number of carbonyl (C=O) groups is 1. The first-order valence-electron chi connectivity index (χ1n) is 9.46. The number of hydrogen-bond acceptors (Lipinski definition) is 6. The quantitative estimate of drug-likeness (QED) is 0.501. The molecule has 0 aliphatic rings. The first-order chi connectivity index (χ1) is 14.2. The molecule has 0 amide bonds. The zero-order chi connectivity index (χ0) is 21.9. The molecule has 0 aliphatic carbocycles. The Labute approximate surface area is 184 Å². The van der Waals surface area contributed by atoms with E-state index < -0.39 is 11.6 Å². The van der Waals surface area contributed by atoms with Crippen molar-refractivity contribution in [3.8, 4) is 15.8 Å². The SMILES string of the molecule is CC(C)Oc1ncc(-c2cc(COC(C)(C)C(=O)O)nn2Cc2ccccc2Cl)s1. The second-order valence-electron chi connectivity index (χ2n) is 7.53. The Hall–Kier alpha value is -2.42. The molecule has 0 saturated heterocycles. The van der Waals surface area contributed by atoms with Gasteiger partial charge in [-0.3, -0.25) is 4.68 Å². The van der Waals surface area contributed by atoms with Crippen molar-refractivity contribution in [2.75, 3.05) is 0 Å². The zero-order valence-electron chi connectivity index (χ0n) is 17.3. The van der Waals surface area contributed by atoms with Crippen LogP contribution < -0.4 is 4.74 Å². The molecule has 3 rings (SSSR count). The summed E-state index contributed by atoms with van der Waals surface area (Å²) in [5.74, 6) is -1.03. The maximum Gasteiger partial charge on any atom is 0.335 e. The van der Waals surface area contributed by atoms with Crippen LogP contribution in [0.15, 0.2) is 36.5 Å². The molecule has 0 radical (unpaired) electrons. The van der Waals surface area contributed by atoms with Gasteiger partial charge in [0.2, 0.25) is 0 Å². The summed E-state index contributed by atoms with van der Waals surface area (Å²) in [7, 11) is 0. The lowest BCUT2D eigenvalue weighted by Crippen LogP contribution is -2.34. The van der Waals surface area contributed by atoms with Gasteiger partial charge >= 0.3 is 5.97 Å². The van der Waals surface area contributed by atoms with Crippen molar-refractivity contribution < 1.29 is 19.4 Å². The molecule has 2 aromatic heterocycles. The second-order valence-corrected chi connectivity index (χ2v) is 8.93. The third kappa shape index (κ3) is 5.38. The number of aliphatic carboxylic acids is 1. The maximum atomic E-state index is 11.3. The molecular formula is C21H24ClN3O4S. The molecule has 7 nitrogen and oxygen atoms in total. The third-order valence-electron chi connectivity index (χ3n) is 4.28. The van der Waals surface area contributed by atoms with Crippen LogP contribution in [0, 0.1) is 0 Å². The Balaban J connectivity index is 1.92. The third-order valence-corrected chi connectivity index (χ3v) is 5.56. The molecule has 3 aromatic rings. The molecule has 0 atom stereocenters. The standard InChI is InChI=1S/C21H24ClN3O4S/c1-13(2)29-20-23-10-18(30-20)17-9-15(12-28-21(3,4)19(26)27)24-25(17)11-14-7-5-6-8-16(14)22/h5-10,13H,11-12H2,1-4H3,(H,26,27). The number of rotatable bonds is 9. The topological polar surface area (TPSA) is 86.5 Å². The van der Waals surface area contributed by atoms with E-state index in [1.165, 1.54) is 25.2 Å². The molecule has 0 saturated carbocycles. The first kappa shape index (κ1) is 22.3. The highest BCUT2D eigenvalue weighted by molar-refractivity contribution is 7.16. The van der Waals surface area contributed by atoms with Gasteiger partial charge in [0.1, 0.15) is 0 Å². The minimum atomic E-state index is -1.31. The van der Waals surface area contributed by atoms with Crippen molar-refractivity contribution in [2.45, 2.75) is 52.6 Å². The Morgan fingerprint density at radius 2 is 2.07 bits per heavy atom. The second kappa shape index (κ2) is 9.16. The van der Waals surface area contributed by atoms with E-state index in [0.717, 1.165) is 16.1 Å². The summed E-state index contributed by atoms with van der Waals surface area (Å²) in [6.07, 6.45) is 1.77. The average molecular weight is 450 g/mol. The van der Waals surface area contributed by atoms with Crippen LogP contribution in [0.5, 0.6) is 5.19 Å². The first-order valence-corrected chi connectivity index (χ1v) is 10.7. The predicted octanol–water partition coefficient (Wildman–Crippen LogP) is 4.88.